The van der Waals surface area contributed by atoms with Crippen molar-refractivity contribution in [2.75, 3.05) is 37.7 Å². The van der Waals surface area contributed by atoms with Gasteiger partial charge in [0.05, 0.1) is 5.69 Å². The molecule has 148 valence electrons. The van der Waals surface area contributed by atoms with Crippen LogP contribution in [-0.4, -0.2) is 69.9 Å². The van der Waals surface area contributed by atoms with Gasteiger partial charge in [-0.3, -0.25) is 4.79 Å². The minimum absolute atomic E-state index is 0.0539. The van der Waals surface area contributed by atoms with E-state index in [0.29, 0.717) is 43.6 Å². The molecule has 3 aromatic rings. The molecule has 9 heteroatoms. The van der Waals surface area contributed by atoms with Gasteiger partial charge < -0.3 is 19.3 Å². The lowest BCUT2D eigenvalue weighted by Crippen LogP contribution is -2.54. The summed E-state index contributed by atoms with van der Waals surface area (Å²) in [5.41, 5.74) is 0.900. The third kappa shape index (κ3) is 3.35. The van der Waals surface area contributed by atoms with Crippen LogP contribution in [0.4, 0.5) is 5.95 Å². The molecule has 9 nitrogen and oxygen atoms in total. The quantitative estimate of drug-likeness (QED) is 0.661. The van der Waals surface area contributed by atoms with Crippen molar-refractivity contribution in [3.8, 4) is 17.2 Å². The Morgan fingerprint density at radius 2 is 1.66 bits per heavy atom. The molecule has 1 aromatic heterocycles. The lowest BCUT2D eigenvalue weighted by atomic mass is 10.2. The summed E-state index contributed by atoms with van der Waals surface area (Å²) >= 11 is 0. The maximum Gasteiger partial charge on any atom is 0.267 e. The maximum absolute atomic E-state index is 12.9. The molecule has 1 saturated heterocycles. The molecule has 1 atom stereocenters. The third-order valence-corrected chi connectivity index (χ3v) is 5.11. The standard InChI is InChI=1S/C20H20N6O3/c27-19(18-14-28-16-8-4-5-9-17(16)29-18)24-10-12-25(13-11-24)20-21-22-23-26(20)15-6-2-1-3-7-15/h1-9,18H,10-14H2. The van der Waals surface area contributed by atoms with Crippen LogP contribution in [0.3, 0.4) is 0 Å². The molecule has 2 aromatic carbocycles. The van der Waals surface area contributed by atoms with Crippen molar-refractivity contribution in [1.29, 1.82) is 0 Å². The van der Waals surface area contributed by atoms with Gasteiger partial charge in [0, 0.05) is 26.2 Å². The molecule has 0 N–H and O–H groups in total. The molecule has 5 rings (SSSR count). The summed E-state index contributed by atoms with van der Waals surface area (Å²) in [6.45, 7) is 2.65. The Kier molecular flexibility index (Phi) is 4.47. The first-order valence-corrected chi connectivity index (χ1v) is 9.55. The number of benzene rings is 2. The van der Waals surface area contributed by atoms with Gasteiger partial charge >= 0.3 is 0 Å². The first kappa shape index (κ1) is 17.5. The normalized spacial score (nSPS) is 18.6. The number of aromatic nitrogens is 4. The lowest BCUT2D eigenvalue weighted by Gasteiger charge is -2.37. The molecule has 1 fully saturated rings. The summed E-state index contributed by atoms with van der Waals surface area (Å²) in [7, 11) is 0. The number of nitrogens with zero attached hydrogens (tertiary/aromatic N) is 6. The molecule has 1 unspecified atom stereocenters. The number of fused-ring (bicyclic) bond motifs is 1. The molecule has 29 heavy (non-hydrogen) atoms. The van der Waals surface area contributed by atoms with Gasteiger partial charge in [-0.15, -0.1) is 0 Å². The zero-order valence-corrected chi connectivity index (χ0v) is 15.7. The molecule has 0 bridgehead atoms. The number of hydrogen-bond acceptors (Lipinski definition) is 7. The van der Waals surface area contributed by atoms with Gasteiger partial charge in [0.15, 0.2) is 11.5 Å². The van der Waals surface area contributed by atoms with Crippen LogP contribution in [0.5, 0.6) is 11.5 Å². The Labute approximate surface area is 167 Å². The van der Waals surface area contributed by atoms with Crippen LogP contribution >= 0.6 is 0 Å². The predicted molar refractivity (Wildman–Crippen MR) is 104 cm³/mol. The largest absolute Gasteiger partial charge is 0.485 e. The number of rotatable bonds is 3. The molecule has 1 amide bonds. The molecule has 0 radical (unpaired) electrons. The van der Waals surface area contributed by atoms with Gasteiger partial charge in [-0.05, 0) is 34.7 Å². The minimum Gasteiger partial charge on any atom is -0.485 e. The van der Waals surface area contributed by atoms with Gasteiger partial charge in [-0.1, -0.05) is 35.4 Å². The average Bonchev–Trinajstić information content (AvgIpc) is 3.29. The molecule has 0 spiro atoms. The van der Waals surface area contributed by atoms with Gasteiger partial charge in [0.1, 0.15) is 6.61 Å². The predicted octanol–water partition coefficient (Wildman–Crippen LogP) is 1.15. The Bertz CT molecular complexity index is 1000. The second-order valence-electron chi connectivity index (χ2n) is 6.90. The number of tetrazole rings is 1. The van der Waals surface area contributed by atoms with E-state index in [2.05, 4.69) is 20.4 Å². The van der Waals surface area contributed by atoms with E-state index < -0.39 is 6.10 Å². The molecule has 0 saturated carbocycles. The van der Waals surface area contributed by atoms with Gasteiger partial charge in [0.25, 0.3) is 5.91 Å². The van der Waals surface area contributed by atoms with Gasteiger partial charge in [0.2, 0.25) is 12.1 Å². The Balaban J connectivity index is 1.24. The monoisotopic (exact) mass is 392 g/mol. The first-order chi connectivity index (χ1) is 14.3. The highest BCUT2D eigenvalue weighted by atomic mass is 16.6. The van der Waals surface area contributed by atoms with Crippen molar-refractivity contribution >= 4 is 11.9 Å². The number of ether oxygens (including phenoxy) is 2. The van der Waals surface area contributed by atoms with Crippen LogP contribution in [0.2, 0.25) is 0 Å². The first-order valence-electron chi connectivity index (χ1n) is 9.55. The number of para-hydroxylation sites is 3. The number of carbonyl (C=O) groups excluding carboxylic acids is 1. The maximum atomic E-state index is 12.9. The summed E-state index contributed by atoms with van der Waals surface area (Å²) in [4.78, 5) is 16.8. The summed E-state index contributed by atoms with van der Waals surface area (Å²) in [5.74, 6) is 1.91. The van der Waals surface area contributed by atoms with E-state index in [1.165, 1.54) is 0 Å². The van der Waals surface area contributed by atoms with Crippen molar-refractivity contribution in [1.82, 2.24) is 25.1 Å². The van der Waals surface area contributed by atoms with Crippen molar-refractivity contribution in [2.45, 2.75) is 6.10 Å². The van der Waals surface area contributed by atoms with E-state index in [1.807, 2.05) is 59.5 Å². The topological polar surface area (TPSA) is 85.6 Å². The second kappa shape index (κ2) is 7.42. The van der Waals surface area contributed by atoms with Crippen molar-refractivity contribution < 1.29 is 14.3 Å². The van der Waals surface area contributed by atoms with E-state index in [1.54, 1.807) is 4.68 Å². The van der Waals surface area contributed by atoms with E-state index in [4.69, 9.17) is 9.47 Å². The molecule has 2 aliphatic heterocycles. The zero-order chi connectivity index (χ0) is 19.6. The number of piperazine rings is 1. The van der Waals surface area contributed by atoms with Crippen LogP contribution in [0.15, 0.2) is 54.6 Å². The van der Waals surface area contributed by atoms with Gasteiger partial charge in [-0.2, -0.15) is 4.68 Å². The molecule has 2 aliphatic rings. The van der Waals surface area contributed by atoms with Crippen molar-refractivity contribution in [3.05, 3.63) is 54.6 Å². The molecule has 0 aliphatic carbocycles. The highest BCUT2D eigenvalue weighted by Crippen LogP contribution is 2.31. The van der Waals surface area contributed by atoms with E-state index in [0.717, 1.165) is 5.69 Å². The fourth-order valence-electron chi connectivity index (χ4n) is 3.59. The fourth-order valence-corrected chi connectivity index (χ4v) is 3.59. The Morgan fingerprint density at radius 3 is 2.45 bits per heavy atom. The summed E-state index contributed by atoms with van der Waals surface area (Å²) < 4.78 is 13.3. The Morgan fingerprint density at radius 1 is 0.931 bits per heavy atom. The third-order valence-electron chi connectivity index (χ3n) is 5.11. The SMILES string of the molecule is O=C(C1COc2ccccc2O1)N1CCN(c2nnnn2-c2ccccc2)CC1. The van der Waals surface area contributed by atoms with Crippen LogP contribution < -0.4 is 14.4 Å². The fraction of sp³-hybridized carbons (Fsp3) is 0.300. The van der Waals surface area contributed by atoms with Crippen molar-refractivity contribution in [2.24, 2.45) is 0 Å². The highest BCUT2D eigenvalue weighted by molar-refractivity contribution is 5.82. The van der Waals surface area contributed by atoms with Crippen LogP contribution in [0, 0.1) is 0 Å². The van der Waals surface area contributed by atoms with Crippen molar-refractivity contribution in [3.63, 3.8) is 0 Å². The lowest BCUT2D eigenvalue weighted by molar-refractivity contribution is -0.141. The van der Waals surface area contributed by atoms with E-state index in [9.17, 15) is 4.79 Å². The van der Waals surface area contributed by atoms with E-state index in [-0.39, 0.29) is 12.5 Å². The van der Waals surface area contributed by atoms with E-state index >= 15 is 0 Å². The molecule has 3 heterocycles. The number of carbonyl (C=O) groups is 1. The second-order valence-corrected chi connectivity index (χ2v) is 6.90. The Hall–Kier alpha value is -3.62. The number of amides is 1. The summed E-state index contributed by atoms with van der Waals surface area (Å²) in [6.07, 6.45) is -0.619. The minimum atomic E-state index is -0.619. The molecular weight excluding hydrogens is 372 g/mol. The van der Waals surface area contributed by atoms with Crippen LogP contribution in [0.25, 0.3) is 5.69 Å². The van der Waals surface area contributed by atoms with Crippen LogP contribution in [-0.2, 0) is 4.79 Å². The summed E-state index contributed by atoms with van der Waals surface area (Å²) in [6, 6.07) is 17.2. The number of hydrogen-bond donors (Lipinski definition) is 0. The van der Waals surface area contributed by atoms with Gasteiger partial charge in [-0.25, -0.2) is 0 Å². The zero-order valence-electron chi connectivity index (χ0n) is 15.7. The smallest absolute Gasteiger partial charge is 0.267 e. The number of anilines is 1. The molecular formula is C20H20N6O3. The van der Waals surface area contributed by atoms with Crippen LogP contribution in [0.1, 0.15) is 0 Å². The highest BCUT2D eigenvalue weighted by Gasteiger charge is 2.33. The summed E-state index contributed by atoms with van der Waals surface area (Å²) in [5, 5.41) is 12.1. The average molecular weight is 392 g/mol.